The van der Waals surface area contributed by atoms with E-state index in [1.165, 1.54) is 36.8 Å². The molecular weight excluding hydrogens is 234 g/mol. The van der Waals surface area contributed by atoms with Gasteiger partial charge in [0, 0.05) is 6.04 Å². The van der Waals surface area contributed by atoms with Gasteiger partial charge in [-0.3, -0.25) is 0 Å². The Kier molecular flexibility index (Phi) is 5.26. The van der Waals surface area contributed by atoms with Crippen LogP contribution in [-0.4, -0.2) is 12.6 Å². The van der Waals surface area contributed by atoms with Crippen LogP contribution in [0.1, 0.15) is 63.6 Å². The van der Waals surface area contributed by atoms with Crippen molar-refractivity contribution in [3.8, 4) is 5.75 Å². The molecule has 0 radical (unpaired) electrons. The van der Waals surface area contributed by atoms with E-state index in [1.807, 2.05) is 0 Å². The van der Waals surface area contributed by atoms with Gasteiger partial charge in [0.1, 0.15) is 5.75 Å². The maximum atomic E-state index is 5.95. The first-order chi connectivity index (χ1) is 9.24. The molecule has 0 bridgehead atoms. The lowest BCUT2D eigenvalue weighted by Crippen LogP contribution is -2.26. The van der Waals surface area contributed by atoms with Crippen LogP contribution in [0.4, 0.5) is 0 Å². The van der Waals surface area contributed by atoms with Gasteiger partial charge in [0.05, 0.1) is 6.10 Å². The molecule has 19 heavy (non-hydrogen) atoms. The molecule has 0 aliphatic heterocycles. The molecular formula is C17H27NO. The van der Waals surface area contributed by atoms with E-state index in [9.17, 15) is 0 Å². The summed E-state index contributed by atoms with van der Waals surface area (Å²) >= 11 is 0. The quantitative estimate of drug-likeness (QED) is 0.827. The molecule has 2 unspecified atom stereocenters. The summed E-state index contributed by atoms with van der Waals surface area (Å²) in [6.45, 7) is 7.61. The Labute approximate surface area is 117 Å². The number of fused-ring (bicyclic) bond motifs is 1. The Morgan fingerprint density at radius 2 is 2.21 bits per heavy atom. The van der Waals surface area contributed by atoms with Gasteiger partial charge in [-0.25, -0.2) is 0 Å². The fraction of sp³-hybridized carbons (Fsp3) is 0.647. The predicted molar refractivity (Wildman–Crippen MR) is 80.8 cm³/mol. The van der Waals surface area contributed by atoms with Gasteiger partial charge in [-0.05, 0) is 68.8 Å². The Bertz CT molecular complexity index is 402. The van der Waals surface area contributed by atoms with Gasteiger partial charge in [0.15, 0.2) is 0 Å². The largest absolute Gasteiger partial charge is 0.491 e. The Morgan fingerprint density at radius 3 is 2.95 bits per heavy atom. The number of nitrogens with one attached hydrogen (secondary N) is 1. The molecule has 0 fully saturated rings. The highest BCUT2D eigenvalue weighted by Crippen LogP contribution is 2.32. The first kappa shape index (κ1) is 14.4. The molecule has 0 spiro atoms. The zero-order valence-electron chi connectivity index (χ0n) is 12.5. The first-order valence-electron chi connectivity index (χ1n) is 7.77. The highest BCUT2D eigenvalue weighted by molar-refractivity contribution is 5.39. The van der Waals surface area contributed by atoms with Crippen LogP contribution in [0.2, 0.25) is 0 Å². The summed E-state index contributed by atoms with van der Waals surface area (Å²) in [5.41, 5.74) is 2.96. The summed E-state index contributed by atoms with van der Waals surface area (Å²) in [5, 5.41) is 3.67. The molecule has 2 rings (SSSR count). The average Bonchev–Trinajstić information content (AvgIpc) is 2.45. The van der Waals surface area contributed by atoms with Crippen LogP contribution in [-0.2, 0) is 6.42 Å². The molecule has 0 aromatic heterocycles. The van der Waals surface area contributed by atoms with Crippen LogP contribution in [0.5, 0.6) is 5.75 Å². The third kappa shape index (κ3) is 3.73. The second-order valence-electron chi connectivity index (χ2n) is 5.60. The Morgan fingerprint density at radius 1 is 1.37 bits per heavy atom. The second-order valence-corrected chi connectivity index (χ2v) is 5.60. The van der Waals surface area contributed by atoms with E-state index >= 15 is 0 Å². The van der Waals surface area contributed by atoms with Crippen LogP contribution >= 0.6 is 0 Å². The predicted octanol–water partition coefficient (Wildman–Crippen LogP) is 4.24. The summed E-state index contributed by atoms with van der Waals surface area (Å²) in [6, 6.07) is 7.16. The van der Waals surface area contributed by atoms with Gasteiger partial charge < -0.3 is 10.1 Å². The van der Waals surface area contributed by atoms with E-state index in [0.717, 1.165) is 18.7 Å². The molecule has 0 saturated heterocycles. The van der Waals surface area contributed by atoms with E-state index in [2.05, 4.69) is 44.3 Å². The fourth-order valence-corrected chi connectivity index (χ4v) is 2.70. The third-order valence-corrected chi connectivity index (χ3v) is 3.98. The Hall–Kier alpha value is -1.02. The van der Waals surface area contributed by atoms with E-state index in [1.54, 1.807) is 0 Å². The van der Waals surface area contributed by atoms with Crippen molar-refractivity contribution in [3.63, 3.8) is 0 Å². The molecule has 1 aliphatic carbocycles. The van der Waals surface area contributed by atoms with Gasteiger partial charge in [0.25, 0.3) is 0 Å². The van der Waals surface area contributed by atoms with E-state index in [0.29, 0.717) is 12.1 Å². The van der Waals surface area contributed by atoms with Crippen molar-refractivity contribution < 1.29 is 4.74 Å². The first-order valence-corrected chi connectivity index (χ1v) is 7.77. The summed E-state index contributed by atoms with van der Waals surface area (Å²) in [5.74, 6) is 1.03. The number of benzene rings is 1. The van der Waals surface area contributed by atoms with Crippen LogP contribution in [0.25, 0.3) is 0 Å². The van der Waals surface area contributed by atoms with Crippen molar-refractivity contribution in [1.82, 2.24) is 5.32 Å². The monoisotopic (exact) mass is 261 g/mol. The molecule has 0 amide bonds. The van der Waals surface area contributed by atoms with Crippen molar-refractivity contribution >= 4 is 0 Å². The molecule has 2 nitrogen and oxygen atoms in total. The summed E-state index contributed by atoms with van der Waals surface area (Å²) in [7, 11) is 0. The van der Waals surface area contributed by atoms with E-state index in [-0.39, 0.29) is 0 Å². The topological polar surface area (TPSA) is 21.3 Å². The summed E-state index contributed by atoms with van der Waals surface area (Å²) < 4.78 is 5.95. The molecule has 1 aromatic carbocycles. The van der Waals surface area contributed by atoms with Crippen molar-refractivity contribution in [2.75, 3.05) is 6.54 Å². The minimum Gasteiger partial charge on any atom is -0.491 e. The molecule has 0 saturated carbocycles. The highest BCUT2D eigenvalue weighted by Gasteiger charge is 2.20. The number of hydrogen-bond acceptors (Lipinski definition) is 2. The average molecular weight is 261 g/mol. The van der Waals surface area contributed by atoms with Gasteiger partial charge >= 0.3 is 0 Å². The lowest BCUT2D eigenvalue weighted by molar-refractivity contribution is 0.217. The third-order valence-electron chi connectivity index (χ3n) is 3.98. The van der Waals surface area contributed by atoms with Gasteiger partial charge in [-0.15, -0.1) is 0 Å². The maximum Gasteiger partial charge on any atom is 0.120 e. The number of hydrogen-bond donors (Lipinski definition) is 1. The Balaban J connectivity index is 2.15. The normalized spacial score (nSPS) is 19.8. The second kappa shape index (κ2) is 6.95. The van der Waals surface area contributed by atoms with E-state index < -0.39 is 0 Å². The smallest absolute Gasteiger partial charge is 0.120 e. The molecule has 1 aliphatic rings. The standard InChI is InChI=1S/C17H27NO/c1-4-11-18-17-8-6-7-14-9-10-15(12-16(14)17)19-13(3)5-2/h9-10,12-13,17-18H,4-8,11H2,1-3H3. The van der Waals surface area contributed by atoms with Crippen molar-refractivity contribution in [3.05, 3.63) is 29.3 Å². The van der Waals surface area contributed by atoms with Crippen molar-refractivity contribution in [2.45, 2.75) is 65.0 Å². The number of ether oxygens (including phenoxy) is 1. The zero-order chi connectivity index (χ0) is 13.7. The molecule has 106 valence electrons. The highest BCUT2D eigenvalue weighted by atomic mass is 16.5. The minimum absolute atomic E-state index is 0.295. The molecule has 1 aromatic rings. The molecule has 2 heteroatoms. The fourth-order valence-electron chi connectivity index (χ4n) is 2.70. The van der Waals surface area contributed by atoms with E-state index in [4.69, 9.17) is 4.74 Å². The van der Waals surface area contributed by atoms with Crippen LogP contribution < -0.4 is 10.1 Å². The molecule has 0 heterocycles. The SMILES string of the molecule is CCCNC1CCCc2ccc(OC(C)CC)cc21. The van der Waals surface area contributed by atoms with Gasteiger partial charge in [-0.1, -0.05) is 19.9 Å². The van der Waals surface area contributed by atoms with Crippen LogP contribution in [0.3, 0.4) is 0 Å². The summed E-state index contributed by atoms with van der Waals surface area (Å²) in [4.78, 5) is 0. The molecule has 2 atom stereocenters. The maximum absolute atomic E-state index is 5.95. The zero-order valence-corrected chi connectivity index (χ0v) is 12.5. The van der Waals surface area contributed by atoms with Crippen LogP contribution in [0, 0.1) is 0 Å². The summed E-state index contributed by atoms with van der Waals surface area (Å²) in [6.07, 6.45) is 6.29. The lowest BCUT2D eigenvalue weighted by atomic mass is 9.87. The number of rotatable bonds is 6. The van der Waals surface area contributed by atoms with Crippen molar-refractivity contribution in [2.24, 2.45) is 0 Å². The van der Waals surface area contributed by atoms with Gasteiger partial charge in [0.2, 0.25) is 0 Å². The minimum atomic E-state index is 0.295. The lowest BCUT2D eigenvalue weighted by Gasteiger charge is -2.27. The number of aryl methyl sites for hydroxylation is 1. The van der Waals surface area contributed by atoms with Gasteiger partial charge in [-0.2, -0.15) is 0 Å². The molecule has 1 N–H and O–H groups in total. The van der Waals surface area contributed by atoms with Crippen LogP contribution in [0.15, 0.2) is 18.2 Å². The van der Waals surface area contributed by atoms with Crippen molar-refractivity contribution in [1.29, 1.82) is 0 Å².